The Morgan fingerprint density at radius 1 is 0.239 bits per heavy atom. The zero-order valence-electron chi connectivity index (χ0n) is 62.8. The van der Waals surface area contributed by atoms with E-state index in [0.717, 1.165) is 61.8 Å². The lowest BCUT2D eigenvalue weighted by molar-refractivity contribution is 0.659. The predicted octanol–water partition coefficient (Wildman–Crippen LogP) is 28.5. The Labute approximate surface area is 659 Å². The smallest absolute Gasteiger partial charge is 0.235 e. The first-order valence-corrected chi connectivity index (χ1v) is 39.4. The normalized spacial score (nSPS) is 13.3. The number of rotatable bonds is 5. The Bertz CT molecular complexity index is 7570. The van der Waals surface area contributed by atoms with Crippen LogP contribution in [0.5, 0.6) is 0 Å². The van der Waals surface area contributed by atoms with Crippen LogP contribution >= 0.6 is 11.6 Å². The second kappa shape index (κ2) is 25.7. The minimum atomic E-state index is -0.158. The average molecular weight is 1460 g/mol. The first kappa shape index (κ1) is 66.3. The van der Waals surface area contributed by atoms with Crippen LogP contribution in [-0.4, -0.2) is 24.5 Å². The summed E-state index contributed by atoms with van der Waals surface area (Å²) in [7, 11) is 0. The second-order valence-corrected chi connectivity index (χ2v) is 31.9. The van der Waals surface area contributed by atoms with Gasteiger partial charge in [-0.15, -0.1) is 0 Å². The van der Waals surface area contributed by atoms with Crippen LogP contribution in [-0.2, 0) is 17.3 Å². The quantitative estimate of drug-likeness (QED) is 0.127. The fraction of sp³-hybridized carbons (Fsp3) is 0.0654. The molecule has 113 heavy (non-hydrogen) atoms. The molecule has 0 atom stereocenters. The van der Waals surface area contributed by atoms with Crippen LogP contribution in [0, 0.1) is 0 Å². The van der Waals surface area contributed by atoms with E-state index in [4.69, 9.17) is 21.6 Å². The van der Waals surface area contributed by atoms with E-state index in [1.807, 2.05) is 42.5 Å². The molecule has 0 bridgehead atoms. The SMILES string of the molecule is CC1(C)c2ccccc2-c2cc3c(cc21)Cc1cc2c4ccccc4c4ccccc4c2cc1-3.CC1(C)c2ccccc2-c2cc3c4cc5c6ccccc6c6ccccc6c5cc4n(-c4nc(-c5ccc(-c6ccccc6)cc5)c5ccccc5n4)c3cc21.Clc1nc(-c2ccc(-c3ccccc3)cc2)c2ccccc2n1. The topological polar surface area (TPSA) is 56.5 Å². The minimum absolute atomic E-state index is 0.0485. The van der Waals surface area contributed by atoms with Crippen LogP contribution in [0.25, 0.3) is 192 Å². The van der Waals surface area contributed by atoms with Gasteiger partial charge in [0, 0.05) is 43.5 Å². The molecule has 532 valence electrons. The lowest BCUT2D eigenvalue weighted by Crippen LogP contribution is -2.15. The lowest BCUT2D eigenvalue weighted by atomic mass is 9.81. The van der Waals surface area contributed by atoms with Crippen molar-refractivity contribution in [2.24, 2.45) is 0 Å². The molecule has 3 heterocycles. The summed E-state index contributed by atoms with van der Waals surface area (Å²) in [5.41, 5.74) is 29.3. The molecule has 0 saturated carbocycles. The molecule has 3 aliphatic rings. The van der Waals surface area contributed by atoms with Crippen LogP contribution in [0.3, 0.4) is 0 Å². The molecule has 6 heteroatoms. The molecule has 0 N–H and O–H groups in total. The van der Waals surface area contributed by atoms with Gasteiger partial charge in [-0.05, 0) is 226 Å². The fourth-order valence-corrected chi connectivity index (χ4v) is 19.3. The van der Waals surface area contributed by atoms with Gasteiger partial charge in [0.15, 0.2) is 0 Å². The summed E-state index contributed by atoms with van der Waals surface area (Å²) in [5, 5.41) is 20.4. The second-order valence-electron chi connectivity index (χ2n) is 31.6. The predicted molar refractivity (Wildman–Crippen MR) is 475 cm³/mol. The van der Waals surface area contributed by atoms with Crippen molar-refractivity contribution in [3.8, 4) is 84.1 Å². The number of fused-ring (bicyclic) bond motifs is 26. The van der Waals surface area contributed by atoms with Crippen molar-refractivity contribution < 1.29 is 0 Å². The van der Waals surface area contributed by atoms with Crippen LogP contribution in [0.15, 0.2) is 352 Å². The van der Waals surface area contributed by atoms with E-state index >= 15 is 0 Å². The van der Waals surface area contributed by atoms with Gasteiger partial charge < -0.3 is 0 Å². The molecule has 3 aliphatic carbocycles. The van der Waals surface area contributed by atoms with E-state index in [1.165, 1.54) is 164 Å². The zero-order valence-corrected chi connectivity index (χ0v) is 63.6. The molecule has 5 nitrogen and oxygen atoms in total. The Morgan fingerprint density at radius 3 is 1.11 bits per heavy atom. The van der Waals surface area contributed by atoms with Gasteiger partial charge in [-0.3, -0.25) is 4.57 Å². The molecule has 0 spiro atoms. The highest BCUT2D eigenvalue weighted by Crippen LogP contribution is 2.55. The molecule has 0 saturated heterocycles. The highest BCUT2D eigenvalue weighted by Gasteiger charge is 2.39. The van der Waals surface area contributed by atoms with Crippen LogP contribution in [0.2, 0.25) is 5.28 Å². The molecule has 0 unspecified atom stereocenters. The Kier molecular flexibility index (Phi) is 15.1. The van der Waals surface area contributed by atoms with Gasteiger partial charge in [0.1, 0.15) is 0 Å². The lowest BCUT2D eigenvalue weighted by Gasteiger charge is -2.22. The number of aromatic nitrogens is 5. The molecule has 24 rings (SSSR count). The fourth-order valence-electron chi connectivity index (χ4n) is 19.2. The third kappa shape index (κ3) is 10.5. The van der Waals surface area contributed by atoms with E-state index in [0.29, 0.717) is 5.95 Å². The van der Waals surface area contributed by atoms with Gasteiger partial charge in [-0.1, -0.05) is 325 Å². The summed E-state index contributed by atoms with van der Waals surface area (Å²) in [5.74, 6) is 0.670. The Morgan fingerprint density at radius 2 is 0.584 bits per heavy atom. The maximum atomic E-state index is 6.08. The Hall–Kier alpha value is -13.7. The van der Waals surface area contributed by atoms with E-state index < -0.39 is 0 Å². The first-order valence-electron chi connectivity index (χ1n) is 39.1. The highest BCUT2D eigenvalue weighted by atomic mass is 35.5. The number of para-hydroxylation sites is 2. The number of hydrogen-bond donors (Lipinski definition) is 0. The molecule has 18 aromatic carbocycles. The number of benzene rings is 18. The molecule has 0 fully saturated rings. The van der Waals surface area contributed by atoms with Gasteiger partial charge in [-0.25, -0.2) is 19.9 Å². The van der Waals surface area contributed by atoms with Crippen molar-refractivity contribution in [2.75, 3.05) is 0 Å². The summed E-state index contributed by atoms with van der Waals surface area (Å²) < 4.78 is 2.34. The summed E-state index contributed by atoms with van der Waals surface area (Å²) in [6.45, 7) is 9.46. The van der Waals surface area contributed by atoms with E-state index in [1.54, 1.807) is 0 Å². The average Bonchev–Trinajstić information content (AvgIpc) is 1.56. The minimum Gasteiger partial charge on any atom is -0.278 e. The maximum absolute atomic E-state index is 6.08. The largest absolute Gasteiger partial charge is 0.278 e. The third-order valence-electron chi connectivity index (χ3n) is 24.7. The van der Waals surface area contributed by atoms with E-state index in [9.17, 15) is 0 Å². The first-order chi connectivity index (χ1) is 55.4. The van der Waals surface area contributed by atoms with Gasteiger partial charge in [0.05, 0.1) is 33.5 Å². The molecule has 0 radical (unpaired) electrons. The van der Waals surface area contributed by atoms with Gasteiger partial charge >= 0.3 is 0 Å². The summed E-state index contributed by atoms with van der Waals surface area (Å²) in [4.78, 5) is 19.6. The molecular weight excluding hydrogens is 1390 g/mol. The Balaban J connectivity index is 0.000000116. The number of nitrogens with zero attached hydrogens (tertiary/aromatic N) is 5. The van der Waals surface area contributed by atoms with Crippen molar-refractivity contribution in [2.45, 2.75) is 44.9 Å². The van der Waals surface area contributed by atoms with Gasteiger partial charge in [-0.2, -0.15) is 0 Å². The van der Waals surface area contributed by atoms with Crippen molar-refractivity contribution >= 4 is 120 Å². The summed E-state index contributed by atoms with van der Waals surface area (Å²) in [6.07, 6.45) is 1.02. The standard InChI is InChI=1S/C53H35N3.C34H24.C20H13ClN2/c1-53(2)46-22-12-10-20-39(46)43-29-45-44-28-41-37-18-8-6-16-35(37)36-17-7-9-19-38(36)42(41)30-49(44)56(50(45)31-47(43)53)52-54-48-23-13-11-21-40(48)51(55-52)34-26-24-33(25-27-34)32-14-4-3-5-15-32;1-34(2)32-14-8-7-13-26(32)31-19-28-21(17-33(31)34)15-20-16-29-24-11-5-3-9-22(24)23-10-4-6-12-25(23)30(29)18-27(20)28;21-20-22-18-9-5-4-8-17(18)19(23-20)16-12-10-15(11-13-16)14-6-2-1-3-7-14/h3-31H,1-2H3;3-14,16-19H,15H2,1-2H3;1-13H. The van der Waals surface area contributed by atoms with Gasteiger partial charge in [0.25, 0.3) is 0 Å². The van der Waals surface area contributed by atoms with Crippen LogP contribution in [0.1, 0.15) is 61.1 Å². The van der Waals surface area contributed by atoms with E-state index in [-0.39, 0.29) is 16.1 Å². The van der Waals surface area contributed by atoms with Crippen molar-refractivity contribution in [3.05, 3.63) is 391 Å². The number of hydrogen-bond acceptors (Lipinski definition) is 4. The number of halogens is 1. The third-order valence-corrected chi connectivity index (χ3v) is 24.8. The van der Waals surface area contributed by atoms with Crippen molar-refractivity contribution in [1.82, 2.24) is 24.5 Å². The molecule has 21 aromatic rings. The van der Waals surface area contributed by atoms with Crippen molar-refractivity contribution in [1.29, 1.82) is 0 Å². The summed E-state index contributed by atoms with van der Waals surface area (Å²) >= 11 is 6.08. The maximum Gasteiger partial charge on any atom is 0.235 e. The van der Waals surface area contributed by atoms with Crippen LogP contribution < -0.4 is 0 Å². The molecule has 0 aliphatic heterocycles. The van der Waals surface area contributed by atoms with Crippen LogP contribution in [0.4, 0.5) is 0 Å². The molecular formula is C107H72ClN5. The van der Waals surface area contributed by atoms with E-state index in [2.05, 4.69) is 352 Å². The highest BCUT2D eigenvalue weighted by molar-refractivity contribution is 6.30. The van der Waals surface area contributed by atoms with Crippen molar-refractivity contribution in [3.63, 3.8) is 0 Å². The monoisotopic (exact) mass is 1460 g/mol. The van der Waals surface area contributed by atoms with Gasteiger partial charge in [0.2, 0.25) is 11.2 Å². The summed E-state index contributed by atoms with van der Waals surface area (Å²) in [6, 6.07) is 127. The molecule has 3 aromatic heterocycles. The zero-order chi connectivity index (χ0) is 75.4. The molecule has 0 amide bonds.